The second-order valence-electron chi connectivity index (χ2n) is 11.6. The fourth-order valence-corrected chi connectivity index (χ4v) is 6.15. The van der Waals surface area contributed by atoms with Crippen LogP contribution in [0.1, 0.15) is 46.7 Å². The zero-order valence-electron chi connectivity index (χ0n) is 26.2. The summed E-state index contributed by atoms with van der Waals surface area (Å²) < 4.78 is 38.9. The van der Waals surface area contributed by atoms with Crippen LogP contribution in [0.15, 0.2) is 54.6 Å². The van der Waals surface area contributed by atoms with E-state index in [9.17, 15) is 9.18 Å². The number of anilines is 1. The minimum atomic E-state index is -0.486. The van der Waals surface area contributed by atoms with Crippen LogP contribution in [0.4, 0.5) is 10.2 Å². The van der Waals surface area contributed by atoms with E-state index in [-0.39, 0.29) is 36.3 Å². The number of imidazole rings is 1. The molecule has 0 amide bonds. The Morgan fingerprint density at radius 1 is 1.15 bits per heavy atom. The van der Waals surface area contributed by atoms with Crippen molar-refractivity contribution in [1.29, 1.82) is 5.26 Å². The largest absolute Gasteiger partial charge is 0.473 e. The third-order valence-corrected chi connectivity index (χ3v) is 8.73. The molecule has 4 heterocycles. The molecule has 11 nitrogen and oxygen atoms in total. The average molecular weight is 629 g/mol. The fraction of sp³-hybridized carbons (Fsp3) is 0.412. The van der Waals surface area contributed by atoms with Gasteiger partial charge in [-0.1, -0.05) is 12.1 Å². The molecule has 2 aliphatic rings. The van der Waals surface area contributed by atoms with E-state index >= 15 is 0 Å². The number of fused-ring (bicyclic) bond motifs is 1. The van der Waals surface area contributed by atoms with Crippen molar-refractivity contribution >= 4 is 22.8 Å². The van der Waals surface area contributed by atoms with E-state index in [4.69, 9.17) is 34.2 Å². The number of hydrogen-bond acceptors (Lipinski definition) is 10. The van der Waals surface area contributed by atoms with Crippen molar-refractivity contribution < 1.29 is 28.1 Å². The van der Waals surface area contributed by atoms with E-state index in [2.05, 4.69) is 21.3 Å². The van der Waals surface area contributed by atoms with Crippen LogP contribution in [0.3, 0.4) is 0 Å². The number of pyridine rings is 1. The summed E-state index contributed by atoms with van der Waals surface area (Å²) in [5, 5.41) is 8.99. The summed E-state index contributed by atoms with van der Waals surface area (Å²) in [5.74, 6) is 1.19. The Labute approximate surface area is 267 Å². The number of hydrogen-bond donors (Lipinski definition) is 0. The Balaban J connectivity index is 1.20. The van der Waals surface area contributed by atoms with E-state index in [1.54, 1.807) is 31.4 Å². The van der Waals surface area contributed by atoms with Crippen LogP contribution in [-0.2, 0) is 27.4 Å². The van der Waals surface area contributed by atoms with Gasteiger partial charge < -0.3 is 28.4 Å². The van der Waals surface area contributed by atoms with Crippen LogP contribution >= 0.6 is 0 Å². The number of benzene rings is 2. The number of esters is 1. The van der Waals surface area contributed by atoms with Crippen molar-refractivity contribution in [2.24, 2.45) is 0 Å². The molecular formula is C34H37FN6O5. The van der Waals surface area contributed by atoms with Crippen molar-refractivity contribution in [3.8, 4) is 11.9 Å². The molecule has 2 unspecified atom stereocenters. The van der Waals surface area contributed by atoms with E-state index < -0.39 is 5.82 Å². The molecule has 12 heteroatoms. The van der Waals surface area contributed by atoms with Gasteiger partial charge in [-0.2, -0.15) is 10.2 Å². The summed E-state index contributed by atoms with van der Waals surface area (Å²) >= 11 is 0. The van der Waals surface area contributed by atoms with Gasteiger partial charge in [0.2, 0.25) is 5.88 Å². The third-order valence-electron chi connectivity index (χ3n) is 8.73. The van der Waals surface area contributed by atoms with Gasteiger partial charge >= 0.3 is 5.97 Å². The summed E-state index contributed by atoms with van der Waals surface area (Å²) in [6.07, 6.45) is 1.08. The minimum Gasteiger partial charge on any atom is -0.473 e. The number of rotatable bonds is 11. The van der Waals surface area contributed by atoms with Crippen molar-refractivity contribution in [1.82, 2.24) is 19.4 Å². The first-order valence-electron chi connectivity index (χ1n) is 15.4. The van der Waals surface area contributed by atoms with Gasteiger partial charge in [-0.25, -0.2) is 14.2 Å². The van der Waals surface area contributed by atoms with Crippen LogP contribution < -0.4 is 9.64 Å². The Bertz CT molecular complexity index is 1750. The Hall–Kier alpha value is -4.57. The predicted molar refractivity (Wildman–Crippen MR) is 168 cm³/mol. The quantitative estimate of drug-likeness (QED) is 0.220. The molecule has 6 rings (SSSR count). The topological polar surface area (TPSA) is 115 Å². The van der Waals surface area contributed by atoms with Gasteiger partial charge in [-0.15, -0.1) is 0 Å². The Morgan fingerprint density at radius 3 is 2.72 bits per heavy atom. The number of methoxy groups -OCH3 is 2. The SMILES string of the molecule is COCC1CN(c2cccc(OCc3ccc(C#N)cc3F)n2)CCN1[C@@H](C)c1nc2ccc(C(=O)OC)cc2n1CC1CCO1. The molecule has 2 aromatic heterocycles. The lowest BCUT2D eigenvalue weighted by molar-refractivity contribution is -0.0596. The highest BCUT2D eigenvalue weighted by Gasteiger charge is 2.34. The molecule has 2 fully saturated rings. The lowest BCUT2D eigenvalue weighted by Gasteiger charge is -2.44. The smallest absolute Gasteiger partial charge is 0.337 e. The normalized spacial score (nSPS) is 19.0. The summed E-state index contributed by atoms with van der Waals surface area (Å²) in [5.41, 5.74) is 2.79. The maximum absolute atomic E-state index is 14.4. The number of nitrogens with zero attached hydrogens (tertiary/aromatic N) is 6. The lowest BCUT2D eigenvalue weighted by atomic mass is 10.1. The summed E-state index contributed by atoms with van der Waals surface area (Å²) in [6, 6.07) is 17.3. The zero-order chi connectivity index (χ0) is 32.2. The molecule has 2 aliphatic heterocycles. The van der Waals surface area contributed by atoms with E-state index in [1.165, 1.54) is 13.2 Å². The minimum absolute atomic E-state index is 0.000389. The Kier molecular flexibility index (Phi) is 9.44. The van der Waals surface area contributed by atoms with Gasteiger partial charge in [0.05, 0.1) is 66.7 Å². The van der Waals surface area contributed by atoms with Crippen LogP contribution in [-0.4, -0.2) is 84.6 Å². The highest BCUT2D eigenvalue weighted by atomic mass is 19.1. The van der Waals surface area contributed by atoms with Gasteiger partial charge in [-0.3, -0.25) is 4.90 Å². The average Bonchev–Trinajstić information content (AvgIpc) is 3.42. The summed E-state index contributed by atoms with van der Waals surface area (Å²) in [6.45, 7) is 6.18. The second kappa shape index (κ2) is 13.8. The van der Waals surface area contributed by atoms with Crippen molar-refractivity contribution in [2.45, 2.75) is 44.7 Å². The first-order valence-corrected chi connectivity index (χ1v) is 15.4. The van der Waals surface area contributed by atoms with Crippen LogP contribution in [0.2, 0.25) is 0 Å². The molecule has 2 saturated heterocycles. The van der Waals surface area contributed by atoms with Gasteiger partial charge in [-0.05, 0) is 49.7 Å². The predicted octanol–water partition coefficient (Wildman–Crippen LogP) is 4.49. The molecule has 240 valence electrons. The summed E-state index contributed by atoms with van der Waals surface area (Å²) in [7, 11) is 3.08. The van der Waals surface area contributed by atoms with Crippen LogP contribution in [0.5, 0.6) is 5.88 Å². The second-order valence-corrected chi connectivity index (χ2v) is 11.6. The highest BCUT2D eigenvalue weighted by molar-refractivity contribution is 5.93. The fourth-order valence-electron chi connectivity index (χ4n) is 6.15. The molecule has 0 radical (unpaired) electrons. The van der Waals surface area contributed by atoms with E-state index in [0.717, 1.165) is 42.2 Å². The van der Waals surface area contributed by atoms with Crippen LogP contribution in [0.25, 0.3) is 11.0 Å². The zero-order valence-corrected chi connectivity index (χ0v) is 26.2. The molecule has 0 N–H and O–H groups in total. The third kappa shape index (κ3) is 6.53. The number of aromatic nitrogens is 3. The first-order chi connectivity index (χ1) is 22.4. The number of carbonyl (C=O) groups is 1. The lowest BCUT2D eigenvalue weighted by Crippen LogP contribution is -2.56. The number of piperazine rings is 1. The molecule has 0 saturated carbocycles. The van der Waals surface area contributed by atoms with Gasteiger partial charge in [0, 0.05) is 45.0 Å². The highest BCUT2D eigenvalue weighted by Crippen LogP contribution is 2.31. The summed E-state index contributed by atoms with van der Waals surface area (Å²) in [4.78, 5) is 26.7. The number of carbonyl (C=O) groups excluding carboxylic acids is 1. The van der Waals surface area contributed by atoms with Gasteiger partial charge in [0.15, 0.2) is 0 Å². The van der Waals surface area contributed by atoms with E-state index in [0.29, 0.717) is 43.2 Å². The molecule has 46 heavy (non-hydrogen) atoms. The molecule has 2 aromatic carbocycles. The maximum Gasteiger partial charge on any atom is 0.337 e. The molecule has 4 aromatic rings. The Morgan fingerprint density at radius 2 is 2.00 bits per heavy atom. The van der Waals surface area contributed by atoms with Crippen molar-refractivity contribution in [2.75, 3.05) is 52.0 Å². The monoisotopic (exact) mass is 628 g/mol. The molecule has 0 aliphatic carbocycles. The van der Waals surface area contributed by atoms with E-state index in [1.807, 2.05) is 30.3 Å². The van der Waals surface area contributed by atoms with Crippen molar-refractivity contribution in [3.63, 3.8) is 0 Å². The van der Waals surface area contributed by atoms with Gasteiger partial charge in [0.1, 0.15) is 24.1 Å². The number of nitriles is 1. The molecule has 3 atom stereocenters. The molecular weight excluding hydrogens is 591 g/mol. The first kappa shape index (κ1) is 31.4. The van der Waals surface area contributed by atoms with Crippen LogP contribution in [0, 0.1) is 17.1 Å². The number of halogens is 1. The van der Waals surface area contributed by atoms with Crippen molar-refractivity contribution in [3.05, 3.63) is 82.9 Å². The molecule has 0 bridgehead atoms. The van der Waals surface area contributed by atoms with Gasteiger partial charge in [0.25, 0.3) is 0 Å². The maximum atomic E-state index is 14.4. The molecule has 0 spiro atoms. The standard InChI is InChI=1S/C34H37FN6O5/c1-22(33-37-29-10-9-24(34(42)44-3)16-30(29)41(33)19-27-11-14-45-27)40-13-12-39(18-26(40)21-43-2)31-5-4-6-32(38-31)46-20-25-8-7-23(17-36)15-28(25)35/h4-10,15-16,22,26-27H,11-14,18-21H2,1-3H3/t22-,26?,27?/m0/s1. The number of ether oxygens (including phenoxy) is 4.